The highest BCUT2D eigenvalue weighted by molar-refractivity contribution is 7.22. The van der Waals surface area contributed by atoms with Crippen molar-refractivity contribution in [3.05, 3.63) is 71.5 Å². The Morgan fingerprint density at radius 1 is 1.04 bits per heavy atom. The van der Waals surface area contributed by atoms with E-state index in [4.69, 9.17) is 16.7 Å². The first-order valence-electron chi connectivity index (χ1n) is 7.73. The van der Waals surface area contributed by atoms with Crippen LogP contribution in [-0.2, 0) is 0 Å². The van der Waals surface area contributed by atoms with Gasteiger partial charge in [-0.05, 0) is 41.4 Å². The number of carboxylic acid groups (broad SMARTS) is 1. The topological polar surface area (TPSA) is 75.1 Å². The fraction of sp³-hybridized carbons (Fsp3) is 0. The molecule has 0 amide bonds. The van der Waals surface area contributed by atoms with Crippen LogP contribution in [0, 0.1) is 0 Å². The molecule has 5 nitrogen and oxygen atoms in total. The third kappa shape index (κ3) is 3.24. The molecule has 0 saturated carbocycles. The maximum absolute atomic E-state index is 11.2. The highest BCUT2D eigenvalue weighted by Crippen LogP contribution is 2.36. The molecule has 2 aromatic heterocycles. The van der Waals surface area contributed by atoms with Crippen LogP contribution in [-0.4, -0.2) is 21.0 Å². The lowest BCUT2D eigenvalue weighted by molar-refractivity contribution is 0.0697. The minimum atomic E-state index is -0.985. The van der Waals surface area contributed by atoms with Crippen molar-refractivity contribution in [1.82, 2.24) is 9.97 Å². The highest BCUT2D eigenvalue weighted by atomic mass is 35.5. The fourth-order valence-electron chi connectivity index (χ4n) is 2.60. The first-order valence-corrected chi connectivity index (χ1v) is 8.92. The van der Waals surface area contributed by atoms with Crippen molar-refractivity contribution in [2.75, 3.05) is 5.32 Å². The Hall–Kier alpha value is -2.96. The molecule has 2 heterocycles. The second-order valence-corrected chi connectivity index (χ2v) is 6.92. The summed E-state index contributed by atoms with van der Waals surface area (Å²) in [6.45, 7) is 0. The van der Waals surface area contributed by atoms with Gasteiger partial charge < -0.3 is 10.4 Å². The lowest BCUT2D eigenvalue weighted by Crippen LogP contribution is -1.99. The van der Waals surface area contributed by atoms with Gasteiger partial charge in [0.05, 0.1) is 10.9 Å². The molecule has 0 aliphatic rings. The maximum atomic E-state index is 11.2. The second-order valence-electron chi connectivity index (χ2n) is 5.55. The highest BCUT2D eigenvalue weighted by Gasteiger charge is 2.13. The number of thiophene rings is 1. The molecule has 0 unspecified atom stereocenters. The van der Waals surface area contributed by atoms with Gasteiger partial charge in [-0.25, -0.2) is 9.78 Å². The number of anilines is 2. The van der Waals surface area contributed by atoms with Crippen LogP contribution in [0.4, 0.5) is 11.5 Å². The molecule has 0 saturated heterocycles. The Labute approximate surface area is 157 Å². The largest absolute Gasteiger partial charge is 0.478 e. The summed E-state index contributed by atoms with van der Waals surface area (Å²) in [6.07, 6.45) is 0. The Morgan fingerprint density at radius 3 is 2.62 bits per heavy atom. The third-order valence-corrected chi connectivity index (χ3v) is 5.04. The molecule has 0 radical (unpaired) electrons. The van der Waals surface area contributed by atoms with E-state index in [-0.39, 0.29) is 10.8 Å². The monoisotopic (exact) mass is 381 g/mol. The van der Waals surface area contributed by atoms with E-state index in [1.165, 1.54) is 17.4 Å². The van der Waals surface area contributed by atoms with E-state index < -0.39 is 5.97 Å². The number of rotatable bonds is 4. The SMILES string of the molecule is O=C(O)c1cccc(Nc2nc(Cl)nc3sc(-c4ccccc4)cc23)c1. The maximum Gasteiger partial charge on any atom is 0.335 e. The standard InChI is InChI=1S/C19H12ClN3O2S/c20-19-22-16(21-13-8-4-7-12(9-13)18(24)25)14-10-15(26-17(14)23-19)11-5-2-1-3-6-11/h1-10H,(H,24,25)(H,21,22,23). The van der Waals surface area contributed by atoms with Crippen LogP contribution in [0.1, 0.15) is 10.4 Å². The average molecular weight is 382 g/mol. The van der Waals surface area contributed by atoms with E-state index in [1.54, 1.807) is 18.2 Å². The van der Waals surface area contributed by atoms with Crippen LogP contribution in [0.3, 0.4) is 0 Å². The van der Waals surface area contributed by atoms with Crippen molar-refractivity contribution in [1.29, 1.82) is 0 Å². The molecule has 128 valence electrons. The molecule has 0 spiro atoms. The molecular formula is C19H12ClN3O2S. The molecule has 4 aromatic rings. The lowest BCUT2D eigenvalue weighted by atomic mass is 10.2. The molecule has 2 N–H and O–H groups in total. The van der Waals surface area contributed by atoms with Gasteiger partial charge in [0.2, 0.25) is 5.28 Å². The van der Waals surface area contributed by atoms with Gasteiger partial charge in [-0.2, -0.15) is 4.98 Å². The molecule has 4 rings (SSSR count). The number of benzene rings is 2. The molecule has 7 heteroatoms. The van der Waals surface area contributed by atoms with Gasteiger partial charge in [0, 0.05) is 10.6 Å². The van der Waals surface area contributed by atoms with Gasteiger partial charge in [0.25, 0.3) is 0 Å². The van der Waals surface area contributed by atoms with E-state index in [0.29, 0.717) is 11.5 Å². The Bertz CT molecular complexity index is 1110. The van der Waals surface area contributed by atoms with Crippen LogP contribution in [0.15, 0.2) is 60.7 Å². The number of fused-ring (bicyclic) bond motifs is 1. The number of hydrogen-bond donors (Lipinski definition) is 2. The number of hydrogen-bond acceptors (Lipinski definition) is 5. The van der Waals surface area contributed by atoms with Gasteiger partial charge in [-0.3, -0.25) is 0 Å². The van der Waals surface area contributed by atoms with Crippen molar-refractivity contribution in [3.8, 4) is 10.4 Å². The summed E-state index contributed by atoms with van der Waals surface area (Å²) in [5.74, 6) is -0.442. The van der Waals surface area contributed by atoms with Crippen molar-refractivity contribution >= 4 is 50.6 Å². The van der Waals surface area contributed by atoms with Gasteiger partial charge >= 0.3 is 5.97 Å². The molecular weight excluding hydrogens is 370 g/mol. The summed E-state index contributed by atoms with van der Waals surface area (Å²) in [5, 5.41) is 13.3. The van der Waals surface area contributed by atoms with E-state index in [9.17, 15) is 4.79 Å². The van der Waals surface area contributed by atoms with Crippen molar-refractivity contribution in [3.63, 3.8) is 0 Å². The minimum Gasteiger partial charge on any atom is -0.478 e. The minimum absolute atomic E-state index is 0.135. The molecule has 26 heavy (non-hydrogen) atoms. The summed E-state index contributed by atoms with van der Waals surface area (Å²) in [5.41, 5.74) is 1.90. The first kappa shape index (κ1) is 16.5. The van der Waals surface area contributed by atoms with E-state index >= 15 is 0 Å². The predicted molar refractivity (Wildman–Crippen MR) is 105 cm³/mol. The van der Waals surface area contributed by atoms with Gasteiger partial charge in [0.15, 0.2) is 0 Å². The van der Waals surface area contributed by atoms with Gasteiger partial charge in [-0.1, -0.05) is 36.4 Å². The van der Waals surface area contributed by atoms with Gasteiger partial charge in [-0.15, -0.1) is 11.3 Å². The van der Waals surface area contributed by atoms with Crippen LogP contribution >= 0.6 is 22.9 Å². The van der Waals surface area contributed by atoms with Gasteiger partial charge in [0.1, 0.15) is 10.6 Å². The second kappa shape index (κ2) is 6.74. The number of aromatic carboxylic acids is 1. The Kier molecular flexibility index (Phi) is 4.28. The van der Waals surface area contributed by atoms with Crippen molar-refractivity contribution < 1.29 is 9.90 Å². The zero-order valence-electron chi connectivity index (χ0n) is 13.3. The van der Waals surface area contributed by atoms with Crippen LogP contribution in [0.5, 0.6) is 0 Å². The molecule has 0 fully saturated rings. The van der Waals surface area contributed by atoms with E-state index in [0.717, 1.165) is 20.7 Å². The lowest BCUT2D eigenvalue weighted by Gasteiger charge is -2.07. The first-order chi connectivity index (χ1) is 12.6. The number of carbonyl (C=O) groups is 1. The predicted octanol–water partition coefficient (Wildman–Crippen LogP) is 5.45. The number of nitrogens with zero attached hydrogens (tertiary/aromatic N) is 2. The number of nitrogens with one attached hydrogen (secondary N) is 1. The number of halogens is 1. The average Bonchev–Trinajstić information content (AvgIpc) is 3.07. The summed E-state index contributed by atoms with van der Waals surface area (Å²) in [4.78, 5) is 21.6. The third-order valence-electron chi connectivity index (χ3n) is 3.80. The number of carboxylic acids is 1. The zero-order valence-corrected chi connectivity index (χ0v) is 14.9. The fourth-order valence-corrected chi connectivity index (χ4v) is 3.86. The summed E-state index contributed by atoms with van der Waals surface area (Å²) < 4.78 is 0. The molecule has 2 aromatic carbocycles. The quantitative estimate of drug-likeness (QED) is 0.459. The van der Waals surface area contributed by atoms with Crippen molar-refractivity contribution in [2.24, 2.45) is 0 Å². The van der Waals surface area contributed by atoms with E-state index in [2.05, 4.69) is 15.3 Å². The van der Waals surface area contributed by atoms with Crippen LogP contribution < -0.4 is 5.32 Å². The van der Waals surface area contributed by atoms with Crippen LogP contribution in [0.25, 0.3) is 20.7 Å². The number of aromatic nitrogens is 2. The summed E-state index contributed by atoms with van der Waals surface area (Å²) >= 11 is 7.61. The molecule has 0 bridgehead atoms. The van der Waals surface area contributed by atoms with Crippen LogP contribution in [0.2, 0.25) is 5.28 Å². The van der Waals surface area contributed by atoms with E-state index in [1.807, 2.05) is 36.4 Å². The molecule has 0 atom stereocenters. The normalized spacial score (nSPS) is 10.8. The summed E-state index contributed by atoms with van der Waals surface area (Å²) in [7, 11) is 0. The summed E-state index contributed by atoms with van der Waals surface area (Å²) in [6, 6.07) is 18.5. The Morgan fingerprint density at radius 2 is 1.85 bits per heavy atom. The molecule has 0 aliphatic carbocycles. The smallest absolute Gasteiger partial charge is 0.335 e. The van der Waals surface area contributed by atoms with Crippen molar-refractivity contribution in [2.45, 2.75) is 0 Å². The Balaban J connectivity index is 1.78. The zero-order chi connectivity index (χ0) is 18.1. The molecule has 0 aliphatic heterocycles.